The van der Waals surface area contributed by atoms with Crippen molar-refractivity contribution in [1.29, 1.82) is 0 Å². The quantitative estimate of drug-likeness (QED) is 0.871. The molecule has 3 rings (SSSR count). The van der Waals surface area contributed by atoms with E-state index in [9.17, 15) is 9.90 Å². The van der Waals surface area contributed by atoms with Crippen LogP contribution >= 0.6 is 0 Å². The summed E-state index contributed by atoms with van der Waals surface area (Å²) in [7, 11) is 1.57. The van der Waals surface area contributed by atoms with E-state index in [0.29, 0.717) is 12.3 Å². The summed E-state index contributed by atoms with van der Waals surface area (Å²) in [4.78, 5) is 12.9. The number of ether oxygens (including phenoxy) is 2. The molecule has 1 N–H and O–H groups in total. The van der Waals surface area contributed by atoms with Gasteiger partial charge in [0.05, 0.1) is 23.8 Å². The van der Waals surface area contributed by atoms with Crippen molar-refractivity contribution in [3.63, 3.8) is 0 Å². The first-order valence-corrected chi connectivity index (χ1v) is 7.91. The number of methoxy groups -OCH3 is 1. The van der Waals surface area contributed by atoms with Gasteiger partial charge in [0.2, 0.25) is 0 Å². The molecule has 0 aliphatic carbocycles. The fourth-order valence-electron chi connectivity index (χ4n) is 3.44. The van der Waals surface area contributed by atoms with Crippen molar-refractivity contribution < 1.29 is 19.4 Å². The summed E-state index contributed by atoms with van der Waals surface area (Å²) in [6.07, 6.45) is 0.922. The largest absolute Gasteiger partial charge is 0.467 e. The van der Waals surface area contributed by atoms with Crippen LogP contribution in [-0.4, -0.2) is 52.4 Å². The van der Waals surface area contributed by atoms with Gasteiger partial charge < -0.3 is 19.5 Å². The van der Waals surface area contributed by atoms with Crippen LogP contribution in [0.3, 0.4) is 0 Å². The van der Waals surface area contributed by atoms with E-state index in [1.807, 2.05) is 22.9 Å². The molecule has 7 nitrogen and oxygen atoms in total. The molecule has 7 heteroatoms. The lowest BCUT2D eigenvalue weighted by molar-refractivity contribution is -0.0303. The average molecular weight is 333 g/mol. The molecule has 130 valence electrons. The number of hydrogen-bond donors (Lipinski definition) is 1. The maximum Gasteiger partial charge on any atom is 0.407 e. The Morgan fingerprint density at radius 3 is 2.79 bits per heavy atom. The fourth-order valence-corrected chi connectivity index (χ4v) is 3.44. The van der Waals surface area contributed by atoms with Gasteiger partial charge in [-0.2, -0.15) is 5.10 Å². The van der Waals surface area contributed by atoms with Crippen LogP contribution in [0.1, 0.15) is 26.8 Å². The van der Waals surface area contributed by atoms with Crippen molar-refractivity contribution in [2.45, 2.75) is 32.9 Å². The van der Waals surface area contributed by atoms with Gasteiger partial charge in [0, 0.05) is 25.1 Å². The van der Waals surface area contributed by atoms with E-state index in [-0.39, 0.29) is 24.3 Å². The average Bonchev–Trinajstić information content (AvgIpc) is 2.85. The summed E-state index contributed by atoms with van der Waals surface area (Å²) in [6, 6.07) is 5.63. The molecule has 1 aliphatic heterocycles. The van der Waals surface area contributed by atoms with Gasteiger partial charge >= 0.3 is 6.09 Å². The second kappa shape index (κ2) is 5.98. The predicted octanol–water partition coefficient (Wildman–Crippen LogP) is 2.97. The van der Waals surface area contributed by atoms with Crippen LogP contribution in [0.2, 0.25) is 0 Å². The summed E-state index contributed by atoms with van der Waals surface area (Å²) in [5.41, 5.74) is 0.761. The monoisotopic (exact) mass is 333 g/mol. The number of carboxylic acid groups (broad SMARTS) is 1. The van der Waals surface area contributed by atoms with Crippen LogP contribution in [-0.2, 0) is 4.74 Å². The topological polar surface area (TPSA) is 76.8 Å². The Balaban J connectivity index is 1.95. The van der Waals surface area contributed by atoms with Gasteiger partial charge in [-0.1, -0.05) is 20.8 Å². The zero-order chi connectivity index (χ0) is 17.5. The van der Waals surface area contributed by atoms with Gasteiger partial charge in [0.25, 0.3) is 0 Å². The van der Waals surface area contributed by atoms with Crippen LogP contribution in [0.4, 0.5) is 4.79 Å². The van der Waals surface area contributed by atoms with E-state index in [1.165, 1.54) is 4.90 Å². The third-order valence-electron chi connectivity index (χ3n) is 4.44. The lowest BCUT2D eigenvalue weighted by atomic mass is 9.76. The van der Waals surface area contributed by atoms with Crippen molar-refractivity contribution in [3.8, 4) is 5.75 Å². The molecule has 0 bridgehead atoms. The molecule has 2 heterocycles. The first kappa shape index (κ1) is 16.6. The number of amides is 1. The molecule has 0 saturated carbocycles. The molecule has 1 aliphatic rings. The molecule has 1 amide bonds. The third kappa shape index (κ3) is 2.80. The molecule has 0 spiro atoms. The van der Waals surface area contributed by atoms with Crippen molar-refractivity contribution >= 4 is 17.0 Å². The number of likely N-dealkylation sites (tertiary alicyclic amines) is 1. The Labute approximate surface area is 140 Å². The van der Waals surface area contributed by atoms with Gasteiger partial charge in [0.15, 0.2) is 6.79 Å². The highest BCUT2D eigenvalue weighted by molar-refractivity contribution is 5.80. The van der Waals surface area contributed by atoms with Gasteiger partial charge in [-0.25, -0.2) is 4.79 Å². The minimum absolute atomic E-state index is 0.0104. The zero-order valence-electron chi connectivity index (χ0n) is 14.4. The molecule has 1 aromatic carbocycles. The first-order valence-electron chi connectivity index (χ1n) is 7.91. The number of carbonyl (C=O) groups is 1. The lowest BCUT2D eigenvalue weighted by Crippen LogP contribution is -2.63. The van der Waals surface area contributed by atoms with Crippen LogP contribution in [0.15, 0.2) is 24.4 Å². The number of aromatic nitrogens is 2. The van der Waals surface area contributed by atoms with Crippen LogP contribution < -0.4 is 4.74 Å². The van der Waals surface area contributed by atoms with Gasteiger partial charge in [-0.15, -0.1) is 0 Å². The summed E-state index contributed by atoms with van der Waals surface area (Å²) >= 11 is 0. The number of fused-ring (bicyclic) bond motifs is 1. The smallest absolute Gasteiger partial charge is 0.407 e. The minimum Gasteiger partial charge on any atom is -0.467 e. The predicted molar refractivity (Wildman–Crippen MR) is 89.2 cm³/mol. The fraction of sp³-hybridized carbons (Fsp3) is 0.529. The second-order valence-electron chi connectivity index (χ2n) is 7.17. The van der Waals surface area contributed by atoms with Crippen molar-refractivity contribution in [2.75, 3.05) is 20.4 Å². The molecule has 2 aromatic rings. The highest BCUT2D eigenvalue weighted by atomic mass is 16.7. The normalized spacial score (nSPS) is 20.9. The Morgan fingerprint density at radius 1 is 1.42 bits per heavy atom. The third-order valence-corrected chi connectivity index (χ3v) is 4.44. The number of rotatable bonds is 4. The van der Waals surface area contributed by atoms with E-state index in [2.05, 4.69) is 25.9 Å². The van der Waals surface area contributed by atoms with Gasteiger partial charge in [0.1, 0.15) is 5.75 Å². The Morgan fingerprint density at radius 2 is 2.17 bits per heavy atom. The zero-order valence-corrected chi connectivity index (χ0v) is 14.4. The first-order chi connectivity index (χ1) is 11.3. The molecule has 1 fully saturated rings. The highest BCUT2D eigenvalue weighted by Crippen LogP contribution is 2.42. The van der Waals surface area contributed by atoms with E-state index in [1.54, 1.807) is 13.3 Å². The minimum atomic E-state index is -0.883. The molecular formula is C17H23N3O4. The van der Waals surface area contributed by atoms with E-state index >= 15 is 0 Å². The Hall–Kier alpha value is -2.28. The Kier molecular flexibility index (Phi) is 4.13. The summed E-state index contributed by atoms with van der Waals surface area (Å²) in [5, 5.41) is 14.9. The standard InChI is InChI=1S/C17H23N3O4/c1-17(2,3)15-14(9-19(15)16(21)22)20-13-7-12(24-10-23-4)6-5-11(13)8-18-20/h5-8,14-15H,9-10H2,1-4H3,(H,21,22). The molecule has 2 unspecified atom stereocenters. The van der Waals surface area contributed by atoms with Gasteiger partial charge in [-0.3, -0.25) is 4.68 Å². The number of benzene rings is 1. The molecule has 1 aromatic heterocycles. The summed E-state index contributed by atoms with van der Waals surface area (Å²) in [5.74, 6) is 0.702. The second-order valence-corrected chi connectivity index (χ2v) is 7.17. The molecular weight excluding hydrogens is 310 g/mol. The summed E-state index contributed by atoms with van der Waals surface area (Å²) < 4.78 is 12.4. The van der Waals surface area contributed by atoms with E-state index in [4.69, 9.17) is 9.47 Å². The van der Waals surface area contributed by atoms with Crippen LogP contribution in [0.5, 0.6) is 5.75 Å². The molecule has 24 heavy (non-hydrogen) atoms. The SMILES string of the molecule is COCOc1ccc2cnn(C3CN(C(=O)O)C3C(C)(C)C)c2c1. The maximum absolute atomic E-state index is 11.5. The number of hydrogen-bond acceptors (Lipinski definition) is 4. The van der Waals surface area contributed by atoms with Gasteiger partial charge in [-0.05, 0) is 17.5 Å². The molecule has 0 radical (unpaired) electrons. The van der Waals surface area contributed by atoms with E-state index in [0.717, 1.165) is 10.9 Å². The van der Waals surface area contributed by atoms with Crippen LogP contribution in [0, 0.1) is 5.41 Å². The maximum atomic E-state index is 11.5. The van der Waals surface area contributed by atoms with E-state index < -0.39 is 6.09 Å². The molecule has 1 saturated heterocycles. The summed E-state index contributed by atoms with van der Waals surface area (Å²) in [6.45, 7) is 6.79. The molecule has 2 atom stereocenters. The van der Waals surface area contributed by atoms with Crippen molar-refractivity contribution in [3.05, 3.63) is 24.4 Å². The Bertz CT molecular complexity index is 750. The van der Waals surface area contributed by atoms with Crippen molar-refractivity contribution in [1.82, 2.24) is 14.7 Å². The lowest BCUT2D eigenvalue weighted by Gasteiger charge is -2.52. The van der Waals surface area contributed by atoms with Crippen LogP contribution in [0.25, 0.3) is 10.9 Å². The van der Waals surface area contributed by atoms with Crippen molar-refractivity contribution in [2.24, 2.45) is 5.41 Å². The number of nitrogens with zero attached hydrogens (tertiary/aromatic N) is 3. The highest BCUT2D eigenvalue weighted by Gasteiger charge is 2.50.